The Labute approximate surface area is 169 Å². The molecule has 7 nitrogen and oxygen atoms in total. The fraction of sp³-hybridized carbons (Fsp3) is 0.364. The summed E-state index contributed by atoms with van der Waals surface area (Å²) < 4.78 is 17.1. The molecule has 1 aromatic carbocycles. The van der Waals surface area contributed by atoms with E-state index >= 15 is 0 Å². The van der Waals surface area contributed by atoms with E-state index in [1.807, 2.05) is 30.3 Å². The van der Waals surface area contributed by atoms with Gasteiger partial charge in [0.2, 0.25) is 5.95 Å². The molecule has 2 saturated heterocycles. The van der Waals surface area contributed by atoms with E-state index in [2.05, 4.69) is 28.4 Å². The van der Waals surface area contributed by atoms with Gasteiger partial charge in [-0.25, -0.2) is 4.98 Å². The fourth-order valence-electron chi connectivity index (χ4n) is 3.87. The Morgan fingerprint density at radius 3 is 2.48 bits per heavy atom. The molecule has 4 heterocycles. The molecule has 2 fully saturated rings. The SMILES string of the molecule is c1ccc(-c2cc(N3CCC4(CC3)OCCO4)nc(NCc3ccco3)n2)cc1. The second-order valence-electron chi connectivity index (χ2n) is 7.33. The number of nitrogens with one attached hydrogen (secondary N) is 1. The molecule has 0 atom stereocenters. The summed E-state index contributed by atoms with van der Waals surface area (Å²) in [5.74, 6) is 1.95. The molecule has 0 aliphatic carbocycles. The van der Waals surface area contributed by atoms with Crippen molar-refractivity contribution in [2.24, 2.45) is 0 Å². The molecule has 150 valence electrons. The topological polar surface area (TPSA) is 72.7 Å². The molecule has 0 amide bonds. The Morgan fingerprint density at radius 1 is 0.966 bits per heavy atom. The Hall–Kier alpha value is -2.90. The zero-order chi connectivity index (χ0) is 19.5. The molecule has 1 spiro atoms. The second-order valence-corrected chi connectivity index (χ2v) is 7.33. The number of benzene rings is 1. The van der Waals surface area contributed by atoms with Crippen LogP contribution in [0.3, 0.4) is 0 Å². The number of nitrogens with zero attached hydrogens (tertiary/aromatic N) is 3. The number of hydrogen-bond donors (Lipinski definition) is 1. The van der Waals surface area contributed by atoms with Gasteiger partial charge in [-0.1, -0.05) is 30.3 Å². The normalized spacial score (nSPS) is 18.3. The molecule has 29 heavy (non-hydrogen) atoms. The van der Waals surface area contributed by atoms with Crippen molar-refractivity contribution < 1.29 is 13.9 Å². The minimum atomic E-state index is -0.397. The zero-order valence-electron chi connectivity index (χ0n) is 16.2. The van der Waals surface area contributed by atoms with Crippen LogP contribution in [0.2, 0.25) is 0 Å². The largest absolute Gasteiger partial charge is 0.467 e. The Bertz CT molecular complexity index is 930. The number of furan rings is 1. The third-order valence-corrected chi connectivity index (χ3v) is 5.45. The summed E-state index contributed by atoms with van der Waals surface area (Å²) in [4.78, 5) is 11.8. The van der Waals surface area contributed by atoms with E-state index in [0.29, 0.717) is 25.7 Å². The summed E-state index contributed by atoms with van der Waals surface area (Å²) >= 11 is 0. The first kappa shape index (κ1) is 18.1. The highest BCUT2D eigenvalue weighted by atomic mass is 16.7. The van der Waals surface area contributed by atoms with Gasteiger partial charge in [-0.05, 0) is 12.1 Å². The maximum absolute atomic E-state index is 5.86. The highest BCUT2D eigenvalue weighted by Gasteiger charge is 2.40. The van der Waals surface area contributed by atoms with Crippen LogP contribution in [0.5, 0.6) is 0 Å². The van der Waals surface area contributed by atoms with Crippen molar-refractivity contribution in [1.29, 1.82) is 0 Å². The van der Waals surface area contributed by atoms with Gasteiger partial charge < -0.3 is 24.1 Å². The van der Waals surface area contributed by atoms with Crippen molar-refractivity contribution in [3.63, 3.8) is 0 Å². The molecule has 1 N–H and O–H groups in total. The smallest absolute Gasteiger partial charge is 0.225 e. The Morgan fingerprint density at radius 2 is 1.76 bits per heavy atom. The van der Waals surface area contributed by atoms with Crippen LogP contribution in [0, 0.1) is 0 Å². The predicted octanol–water partition coefficient (Wildman–Crippen LogP) is 3.69. The van der Waals surface area contributed by atoms with Crippen molar-refractivity contribution in [3.8, 4) is 11.3 Å². The highest BCUT2D eigenvalue weighted by Crippen LogP contribution is 2.33. The molecule has 0 radical (unpaired) electrons. The Balaban J connectivity index is 1.40. The molecule has 0 saturated carbocycles. The lowest BCUT2D eigenvalue weighted by Gasteiger charge is -2.38. The summed E-state index contributed by atoms with van der Waals surface area (Å²) in [6, 6.07) is 16.0. The quantitative estimate of drug-likeness (QED) is 0.710. The summed E-state index contributed by atoms with van der Waals surface area (Å²) in [6.07, 6.45) is 3.35. The molecule has 5 rings (SSSR count). The fourth-order valence-corrected chi connectivity index (χ4v) is 3.87. The van der Waals surface area contributed by atoms with Gasteiger partial charge in [0, 0.05) is 37.6 Å². The molecule has 2 aliphatic heterocycles. The zero-order valence-corrected chi connectivity index (χ0v) is 16.2. The van der Waals surface area contributed by atoms with Gasteiger partial charge in [0.15, 0.2) is 5.79 Å². The van der Waals surface area contributed by atoms with Gasteiger partial charge in [-0.2, -0.15) is 4.98 Å². The lowest BCUT2D eigenvalue weighted by molar-refractivity contribution is -0.169. The number of ether oxygens (including phenoxy) is 2. The average Bonchev–Trinajstić information content (AvgIpc) is 3.46. The van der Waals surface area contributed by atoms with E-state index in [9.17, 15) is 0 Å². The first-order valence-electron chi connectivity index (χ1n) is 10.0. The minimum absolute atomic E-state index is 0.397. The first-order valence-corrected chi connectivity index (χ1v) is 10.0. The van der Waals surface area contributed by atoms with Gasteiger partial charge in [0.25, 0.3) is 0 Å². The van der Waals surface area contributed by atoms with Gasteiger partial charge in [0.1, 0.15) is 11.6 Å². The summed E-state index contributed by atoms with van der Waals surface area (Å²) in [5, 5.41) is 3.29. The summed E-state index contributed by atoms with van der Waals surface area (Å²) in [7, 11) is 0. The molecule has 3 aromatic rings. The number of hydrogen-bond acceptors (Lipinski definition) is 7. The van der Waals surface area contributed by atoms with Crippen LogP contribution in [0.15, 0.2) is 59.2 Å². The number of rotatable bonds is 5. The number of aromatic nitrogens is 2. The van der Waals surface area contributed by atoms with E-state index < -0.39 is 5.79 Å². The molecule has 0 unspecified atom stereocenters. The molecule has 2 aromatic heterocycles. The van der Waals surface area contributed by atoms with Crippen molar-refractivity contribution in [1.82, 2.24) is 9.97 Å². The van der Waals surface area contributed by atoms with Crippen molar-refractivity contribution in [3.05, 3.63) is 60.6 Å². The van der Waals surface area contributed by atoms with Gasteiger partial charge in [-0.15, -0.1) is 0 Å². The monoisotopic (exact) mass is 392 g/mol. The van der Waals surface area contributed by atoms with Crippen LogP contribution < -0.4 is 10.2 Å². The second kappa shape index (κ2) is 7.85. The van der Waals surface area contributed by atoms with Crippen molar-refractivity contribution in [2.75, 3.05) is 36.5 Å². The molecule has 7 heteroatoms. The average molecular weight is 392 g/mol. The summed E-state index contributed by atoms with van der Waals surface area (Å²) in [6.45, 7) is 3.58. The standard InChI is InChI=1S/C22H24N4O3/c1-2-5-17(6-3-1)19-15-20(25-21(24-19)23-16-18-7-4-12-27-18)26-10-8-22(9-11-26)28-13-14-29-22/h1-7,12,15H,8-11,13-14,16H2,(H,23,24,25). The van der Waals surface area contributed by atoms with E-state index in [1.165, 1.54) is 0 Å². The van der Waals surface area contributed by atoms with Crippen LogP contribution in [-0.2, 0) is 16.0 Å². The van der Waals surface area contributed by atoms with E-state index in [1.54, 1.807) is 6.26 Å². The van der Waals surface area contributed by atoms with E-state index in [-0.39, 0.29) is 0 Å². The lowest BCUT2D eigenvalue weighted by atomic mass is 10.0. The van der Waals surface area contributed by atoms with E-state index in [4.69, 9.17) is 23.9 Å². The molecular weight excluding hydrogens is 368 g/mol. The van der Waals surface area contributed by atoms with Crippen LogP contribution in [0.4, 0.5) is 11.8 Å². The third-order valence-electron chi connectivity index (χ3n) is 5.45. The molecule has 0 bridgehead atoms. The van der Waals surface area contributed by atoms with Crippen LogP contribution >= 0.6 is 0 Å². The molecular formula is C22H24N4O3. The lowest BCUT2D eigenvalue weighted by Crippen LogP contribution is -2.45. The first-order chi connectivity index (χ1) is 14.3. The van der Waals surface area contributed by atoms with Crippen LogP contribution in [-0.4, -0.2) is 42.1 Å². The van der Waals surface area contributed by atoms with Crippen LogP contribution in [0.25, 0.3) is 11.3 Å². The van der Waals surface area contributed by atoms with Crippen molar-refractivity contribution in [2.45, 2.75) is 25.2 Å². The van der Waals surface area contributed by atoms with Gasteiger partial charge in [-0.3, -0.25) is 0 Å². The van der Waals surface area contributed by atoms with Crippen LogP contribution in [0.1, 0.15) is 18.6 Å². The van der Waals surface area contributed by atoms with Crippen molar-refractivity contribution >= 4 is 11.8 Å². The summed E-state index contributed by atoms with van der Waals surface area (Å²) in [5.41, 5.74) is 1.96. The number of anilines is 2. The Kier molecular flexibility index (Phi) is 4.91. The highest BCUT2D eigenvalue weighted by molar-refractivity contribution is 5.65. The van der Waals surface area contributed by atoms with Gasteiger partial charge in [0.05, 0.1) is 31.7 Å². The maximum atomic E-state index is 5.86. The predicted molar refractivity (Wildman–Crippen MR) is 110 cm³/mol. The molecule has 2 aliphatic rings. The van der Waals surface area contributed by atoms with Gasteiger partial charge >= 0.3 is 0 Å². The van der Waals surface area contributed by atoms with E-state index in [0.717, 1.165) is 48.8 Å². The maximum Gasteiger partial charge on any atom is 0.225 e. The minimum Gasteiger partial charge on any atom is -0.467 e. The number of piperidine rings is 1. The third kappa shape index (κ3) is 3.97.